The third-order valence-electron chi connectivity index (χ3n) is 2.74. The molecule has 1 aliphatic rings. The Kier molecular flexibility index (Phi) is 4.39. The molecule has 6 nitrogen and oxygen atoms in total. The molecule has 0 unspecified atom stereocenters. The number of nitro benzene ring substituents is 1. The highest BCUT2D eigenvalue weighted by atomic mass is 32.2. The molecule has 1 saturated heterocycles. The van der Waals surface area contributed by atoms with Gasteiger partial charge in [0.1, 0.15) is 6.04 Å². The fraction of sp³-hybridized carbons (Fsp3) is 0.417. The van der Waals surface area contributed by atoms with Gasteiger partial charge in [0.2, 0.25) is 0 Å². The first-order chi connectivity index (χ1) is 9.11. The molecule has 0 amide bonds. The lowest BCUT2D eigenvalue weighted by Gasteiger charge is -2.12. The molecule has 1 aromatic carbocycles. The minimum Gasteiger partial charge on any atom is -0.465 e. The highest BCUT2D eigenvalue weighted by molar-refractivity contribution is 7.99. The maximum atomic E-state index is 11.6. The number of carbonyl (C=O) groups excluding carboxylic acids is 1. The standard InChI is InChI=1S/C12H14N2O4S/c1-2-18-12(15)10-7-19-11(13-10)8-4-3-5-9(6-8)14(16)17/h3-6,10-11,13H,2,7H2,1H3/t10-,11+/m1/s1. The van der Waals surface area contributed by atoms with E-state index in [9.17, 15) is 14.9 Å². The molecule has 0 bridgehead atoms. The average Bonchev–Trinajstić information content (AvgIpc) is 2.89. The Morgan fingerprint density at radius 2 is 2.42 bits per heavy atom. The van der Waals surface area contributed by atoms with Crippen LogP contribution in [0.1, 0.15) is 17.9 Å². The number of esters is 1. The smallest absolute Gasteiger partial charge is 0.324 e. The van der Waals surface area contributed by atoms with Crippen molar-refractivity contribution in [2.75, 3.05) is 12.4 Å². The summed E-state index contributed by atoms with van der Waals surface area (Å²) in [4.78, 5) is 21.9. The normalized spacial score (nSPS) is 22.2. The maximum Gasteiger partial charge on any atom is 0.324 e. The minimum absolute atomic E-state index is 0.0551. The van der Waals surface area contributed by atoms with Crippen molar-refractivity contribution in [3.63, 3.8) is 0 Å². The van der Waals surface area contributed by atoms with Gasteiger partial charge in [0.25, 0.3) is 5.69 Å². The Balaban J connectivity index is 2.06. The van der Waals surface area contributed by atoms with Crippen LogP contribution in [0.4, 0.5) is 5.69 Å². The van der Waals surface area contributed by atoms with Gasteiger partial charge in [-0.2, -0.15) is 0 Å². The van der Waals surface area contributed by atoms with Gasteiger partial charge in [-0.25, -0.2) is 0 Å². The van der Waals surface area contributed by atoms with Gasteiger partial charge in [0.05, 0.1) is 16.9 Å². The summed E-state index contributed by atoms with van der Waals surface area (Å²) in [5, 5.41) is 13.7. The molecule has 1 heterocycles. The van der Waals surface area contributed by atoms with Crippen molar-refractivity contribution < 1.29 is 14.5 Å². The van der Waals surface area contributed by atoms with Gasteiger partial charge < -0.3 is 4.74 Å². The zero-order valence-electron chi connectivity index (χ0n) is 10.4. The van der Waals surface area contributed by atoms with E-state index in [2.05, 4.69) is 5.32 Å². The monoisotopic (exact) mass is 282 g/mol. The fourth-order valence-corrected chi connectivity index (χ4v) is 3.06. The largest absolute Gasteiger partial charge is 0.465 e. The summed E-state index contributed by atoms with van der Waals surface area (Å²) >= 11 is 1.54. The molecule has 0 spiro atoms. The first-order valence-electron chi connectivity index (χ1n) is 5.90. The van der Waals surface area contributed by atoms with Gasteiger partial charge in [0.15, 0.2) is 0 Å². The molecule has 19 heavy (non-hydrogen) atoms. The molecular formula is C12H14N2O4S. The van der Waals surface area contributed by atoms with E-state index < -0.39 is 4.92 Å². The van der Waals surface area contributed by atoms with Crippen molar-refractivity contribution in [2.24, 2.45) is 0 Å². The third-order valence-corrected chi connectivity index (χ3v) is 4.00. The van der Waals surface area contributed by atoms with Crippen LogP contribution in [0.15, 0.2) is 24.3 Å². The molecule has 0 aliphatic carbocycles. The van der Waals surface area contributed by atoms with Crippen LogP contribution in [-0.4, -0.2) is 29.3 Å². The van der Waals surface area contributed by atoms with E-state index >= 15 is 0 Å². The first-order valence-corrected chi connectivity index (χ1v) is 6.95. The summed E-state index contributed by atoms with van der Waals surface area (Å²) in [5.74, 6) is 0.328. The molecule has 0 aromatic heterocycles. The SMILES string of the molecule is CCOC(=O)[C@H]1CS[C@@H](c2cccc([N+](=O)[O-])c2)N1. The third kappa shape index (κ3) is 3.24. The second-order valence-electron chi connectivity index (χ2n) is 4.04. The number of benzene rings is 1. The number of hydrogen-bond donors (Lipinski definition) is 1. The molecule has 1 aromatic rings. The highest BCUT2D eigenvalue weighted by Crippen LogP contribution is 2.34. The van der Waals surface area contributed by atoms with Crippen LogP contribution in [0.25, 0.3) is 0 Å². The molecule has 1 N–H and O–H groups in total. The van der Waals surface area contributed by atoms with Crippen molar-refractivity contribution in [2.45, 2.75) is 18.3 Å². The van der Waals surface area contributed by atoms with Crippen molar-refractivity contribution in [1.82, 2.24) is 5.32 Å². The first kappa shape index (κ1) is 13.8. The summed E-state index contributed by atoms with van der Waals surface area (Å²) < 4.78 is 4.95. The minimum atomic E-state index is -0.425. The molecule has 0 saturated carbocycles. The van der Waals surface area contributed by atoms with Crippen LogP contribution in [0, 0.1) is 10.1 Å². The number of thioether (sulfide) groups is 1. The Bertz CT molecular complexity index is 494. The zero-order chi connectivity index (χ0) is 13.8. The van der Waals surface area contributed by atoms with Crippen LogP contribution in [0.5, 0.6) is 0 Å². The second kappa shape index (κ2) is 6.03. The molecule has 2 atom stereocenters. The van der Waals surface area contributed by atoms with Crippen LogP contribution >= 0.6 is 11.8 Å². The number of hydrogen-bond acceptors (Lipinski definition) is 6. The number of nitrogens with one attached hydrogen (secondary N) is 1. The summed E-state index contributed by atoms with van der Waals surface area (Å²) in [7, 11) is 0. The Morgan fingerprint density at radius 1 is 1.63 bits per heavy atom. The van der Waals surface area contributed by atoms with E-state index in [1.807, 2.05) is 6.07 Å². The van der Waals surface area contributed by atoms with Crippen molar-refractivity contribution in [3.8, 4) is 0 Å². The predicted octanol–water partition coefficient (Wildman–Crippen LogP) is 1.86. The van der Waals surface area contributed by atoms with Gasteiger partial charge in [-0.05, 0) is 12.5 Å². The number of ether oxygens (including phenoxy) is 1. The molecule has 1 aliphatic heterocycles. The van der Waals surface area contributed by atoms with Gasteiger partial charge in [-0.15, -0.1) is 11.8 Å². The summed E-state index contributed by atoms with van der Waals surface area (Å²) in [5.41, 5.74) is 0.852. The highest BCUT2D eigenvalue weighted by Gasteiger charge is 2.31. The van der Waals surface area contributed by atoms with Gasteiger partial charge in [-0.1, -0.05) is 12.1 Å². The number of non-ortho nitro benzene ring substituents is 1. The Hall–Kier alpha value is -1.60. The molecule has 7 heteroatoms. The average molecular weight is 282 g/mol. The Labute approximate surface area is 114 Å². The van der Waals surface area contributed by atoms with E-state index in [4.69, 9.17) is 4.74 Å². The zero-order valence-corrected chi connectivity index (χ0v) is 11.2. The number of carbonyl (C=O) groups is 1. The maximum absolute atomic E-state index is 11.6. The Morgan fingerprint density at radius 3 is 3.11 bits per heavy atom. The quantitative estimate of drug-likeness (QED) is 0.515. The van der Waals surface area contributed by atoms with Crippen molar-refractivity contribution in [1.29, 1.82) is 0 Å². The number of nitro groups is 1. The van der Waals surface area contributed by atoms with E-state index in [0.717, 1.165) is 5.56 Å². The fourth-order valence-electron chi connectivity index (χ4n) is 1.84. The van der Waals surface area contributed by atoms with Crippen LogP contribution in [0.2, 0.25) is 0 Å². The van der Waals surface area contributed by atoms with Gasteiger partial charge in [0, 0.05) is 17.9 Å². The summed E-state index contributed by atoms with van der Waals surface area (Å²) in [6.45, 7) is 2.11. The summed E-state index contributed by atoms with van der Waals surface area (Å²) in [6, 6.07) is 6.08. The molecule has 102 valence electrons. The van der Waals surface area contributed by atoms with E-state index in [1.165, 1.54) is 12.1 Å². The number of nitrogens with zero attached hydrogens (tertiary/aromatic N) is 1. The van der Waals surface area contributed by atoms with Crippen molar-refractivity contribution in [3.05, 3.63) is 39.9 Å². The van der Waals surface area contributed by atoms with Crippen LogP contribution in [0.3, 0.4) is 0 Å². The van der Waals surface area contributed by atoms with Gasteiger partial charge >= 0.3 is 5.97 Å². The van der Waals surface area contributed by atoms with Gasteiger partial charge in [-0.3, -0.25) is 20.2 Å². The molecule has 0 radical (unpaired) electrons. The number of rotatable bonds is 4. The van der Waals surface area contributed by atoms with E-state index in [0.29, 0.717) is 12.4 Å². The molecule has 1 fully saturated rings. The summed E-state index contributed by atoms with van der Waals surface area (Å²) in [6.07, 6.45) is 0. The lowest BCUT2D eigenvalue weighted by Crippen LogP contribution is -2.35. The lowest BCUT2D eigenvalue weighted by atomic mass is 10.2. The topological polar surface area (TPSA) is 81.5 Å². The lowest BCUT2D eigenvalue weighted by molar-refractivity contribution is -0.384. The molecule has 2 rings (SSSR count). The predicted molar refractivity (Wildman–Crippen MR) is 71.9 cm³/mol. The van der Waals surface area contributed by atoms with Crippen LogP contribution < -0.4 is 5.32 Å². The second-order valence-corrected chi connectivity index (χ2v) is 5.17. The van der Waals surface area contributed by atoms with Crippen LogP contribution in [-0.2, 0) is 9.53 Å². The van der Waals surface area contributed by atoms with E-state index in [1.54, 1.807) is 24.8 Å². The molecular weight excluding hydrogens is 268 g/mol. The van der Waals surface area contributed by atoms with E-state index in [-0.39, 0.29) is 23.1 Å². The van der Waals surface area contributed by atoms with Crippen molar-refractivity contribution >= 4 is 23.4 Å².